The molecule has 1 fully saturated rings. The van der Waals surface area contributed by atoms with Gasteiger partial charge in [-0.15, -0.1) is 0 Å². The van der Waals surface area contributed by atoms with Crippen molar-refractivity contribution in [2.75, 3.05) is 45.1 Å². The summed E-state index contributed by atoms with van der Waals surface area (Å²) in [5.41, 5.74) is -0.427. The number of fused-ring (bicyclic) bond motifs is 2. The lowest BCUT2D eigenvalue weighted by Crippen LogP contribution is -2.42. The first-order chi connectivity index (χ1) is 18.2. The van der Waals surface area contributed by atoms with Gasteiger partial charge in [-0.2, -0.15) is 4.98 Å². The summed E-state index contributed by atoms with van der Waals surface area (Å²) in [6, 6.07) is 6.37. The van der Waals surface area contributed by atoms with Gasteiger partial charge in [0.25, 0.3) is 0 Å². The number of rotatable bonds is 6. The molecule has 1 aliphatic heterocycles. The number of hydrogen-bond donors (Lipinski definition) is 1. The van der Waals surface area contributed by atoms with Gasteiger partial charge in [0.15, 0.2) is 12.6 Å². The molecule has 1 N–H and O–H groups in total. The van der Waals surface area contributed by atoms with Crippen molar-refractivity contribution >= 4 is 39.1 Å². The van der Waals surface area contributed by atoms with E-state index in [4.69, 9.17) is 25.8 Å². The Morgan fingerprint density at radius 2 is 2.05 bits per heavy atom. The Morgan fingerprint density at radius 1 is 1.24 bits per heavy atom. The Balaban J connectivity index is 1.74. The molecule has 8 nitrogen and oxygen atoms in total. The van der Waals surface area contributed by atoms with E-state index in [9.17, 15) is 9.50 Å². The fourth-order valence-corrected chi connectivity index (χ4v) is 5.02. The maximum atomic E-state index is 16.3. The predicted octanol–water partition coefficient (Wildman–Crippen LogP) is 4.91. The number of β-amino-alcohol motifs (C(OH)–C–C–N with tert-alkyl or cyclic N) is 1. The highest BCUT2D eigenvalue weighted by molar-refractivity contribution is 6.28. The molecular weight excluding hydrogens is 518 g/mol. The number of hydrogen-bond acceptors (Lipinski definition) is 8. The maximum absolute atomic E-state index is 16.3. The lowest BCUT2D eigenvalue weighted by atomic mass is 9.94. The molecule has 0 saturated carbocycles. The number of anilines is 1. The standard InChI is InChI=1S/C27H27ClF2N4O4/c1-4-17-20(29)6-5-15-9-16(38-14-36-3)10-18(21(15)17)23-22(30)24-19(11-31-23)25(33-26(28)32-24)34-7-8-37-13-27(2,35)12-34/h5-6,9-11,35H,4,7-8,12-14H2,1-3H3. The molecule has 0 radical (unpaired) electrons. The Morgan fingerprint density at radius 3 is 2.82 bits per heavy atom. The molecule has 1 atom stereocenters. The van der Waals surface area contributed by atoms with Crippen LogP contribution < -0.4 is 9.64 Å². The monoisotopic (exact) mass is 544 g/mol. The molecule has 1 unspecified atom stereocenters. The molecule has 0 bridgehead atoms. The molecule has 0 aliphatic carbocycles. The van der Waals surface area contributed by atoms with Gasteiger partial charge in [0.1, 0.15) is 34.2 Å². The summed E-state index contributed by atoms with van der Waals surface area (Å²) < 4.78 is 47.3. The van der Waals surface area contributed by atoms with Gasteiger partial charge in [-0.05, 0) is 59.5 Å². The number of methoxy groups -OCH3 is 1. The van der Waals surface area contributed by atoms with Crippen LogP contribution in [0.15, 0.2) is 30.5 Å². The second-order valence-corrected chi connectivity index (χ2v) is 9.81. The molecule has 0 amide bonds. The third kappa shape index (κ3) is 4.96. The Bertz CT molecular complexity index is 1520. The van der Waals surface area contributed by atoms with Crippen LogP contribution in [0.4, 0.5) is 14.6 Å². The largest absolute Gasteiger partial charge is 0.468 e. The van der Waals surface area contributed by atoms with E-state index in [1.54, 1.807) is 30.0 Å². The summed E-state index contributed by atoms with van der Waals surface area (Å²) >= 11 is 6.26. The summed E-state index contributed by atoms with van der Waals surface area (Å²) in [6.07, 6.45) is 1.86. The normalized spacial score (nSPS) is 18.2. The molecule has 2 aromatic carbocycles. The van der Waals surface area contributed by atoms with E-state index in [0.717, 1.165) is 0 Å². The van der Waals surface area contributed by atoms with Gasteiger partial charge >= 0.3 is 0 Å². The van der Waals surface area contributed by atoms with Crippen LogP contribution in [0.25, 0.3) is 32.9 Å². The third-order valence-electron chi connectivity index (χ3n) is 6.48. The minimum absolute atomic E-state index is 0.0179. The van der Waals surface area contributed by atoms with E-state index in [1.807, 2.05) is 6.92 Å². The van der Waals surface area contributed by atoms with Crippen molar-refractivity contribution < 1.29 is 28.1 Å². The Labute approximate surface area is 223 Å². The van der Waals surface area contributed by atoms with Crippen molar-refractivity contribution in [2.45, 2.75) is 25.9 Å². The second kappa shape index (κ2) is 10.5. The number of aromatic nitrogens is 3. The zero-order valence-electron chi connectivity index (χ0n) is 21.2. The maximum Gasteiger partial charge on any atom is 0.225 e. The van der Waals surface area contributed by atoms with Crippen LogP contribution in [0.5, 0.6) is 5.75 Å². The average molecular weight is 545 g/mol. The van der Waals surface area contributed by atoms with Crippen molar-refractivity contribution in [1.82, 2.24) is 15.0 Å². The van der Waals surface area contributed by atoms with Gasteiger partial charge in [0.2, 0.25) is 5.28 Å². The van der Waals surface area contributed by atoms with Gasteiger partial charge in [0, 0.05) is 25.4 Å². The molecule has 4 aromatic rings. The van der Waals surface area contributed by atoms with E-state index < -0.39 is 17.2 Å². The van der Waals surface area contributed by atoms with Crippen LogP contribution in [-0.4, -0.2) is 65.9 Å². The van der Waals surface area contributed by atoms with E-state index >= 15 is 4.39 Å². The fourth-order valence-electron chi connectivity index (χ4n) is 4.86. The highest BCUT2D eigenvalue weighted by Gasteiger charge is 2.30. The summed E-state index contributed by atoms with van der Waals surface area (Å²) in [7, 11) is 1.49. The number of aryl methyl sites for hydroxylation is 1. The van der Waals surface area contributed by atoms with Gasteiger partial charge in [-0.3, -0.25) is 4.98 Å². The van der Waals surface area contributed by atoms with Crippen LogP contribution in [0.2, 0.25) is 5.28 Å². The number of benzene rings is 2. The summed E-state index contributed by atoms with van der Waals surface area (Å²) in [4.78, 5) is 14.8. The van der Waals surface area contributed by atoms with Crippen LogP contribution >= 0.6 is 11.6 Å². The SMILES string of the molecule is CCc1c(F)ccc2cc(OCOC)cc(-c3ncc4c(N5CCOCC(C)(O)C5)nc(Cl)nc4c3F)c12. The van der Waals surface area contributed by atoms with E-state index in [1.165, 1.54) is 19.4 Å². The Kier molecular flexibility index (Phi) is 7.32. The molecule has 2 aromatic heterocycles. The Hall–Kier alpha value is -3.18. The van der Waals surface area contributed by atoms with Gasteiger partial charge < -0.3 is 24.2 Å². The number of halogens is 3. The zero-order chi connectivity index (χ0) is 27.0. The minimum atomic E-state index is -1.14. The number of pyridine rings is 1. The molecule has 1 saturated heterocycles. The minimum Gasteiger partial charge on any atom is -0.468 e. The van der Waals surface area contributed by atoms with Crippen LogP contribution in [0.3, 0.4) is 0 Å². The van der Waals surface area contributed by atoms with Crippen molar-refractivity contribution in [1.29, 1.82) is 0 Å². The van der Waals surface area contributed by atoms with Crippen molar-refractivity contribution in [3.8, 4) is 17.0 Å². The van der Waals surface area contributed by atoms with Gasteiger partial charge in [0.05, 0.1) is 25.1 Å². The molecule has 5 rings (SSSR count). The fraction of sp³-hybridized carbons (Fsp3) is 0.370. The predicted molar refractivity (Wildman–Crippen MR) is 141 cm³/mol. The highest BCUT2D eigenvalue weighted by Crippen LogP contribution is 2.39. The third-order valence-corrected chi connectivity index (χ3v) is 6.65. The van der Waals surface area contributed by atoms with Crippen molar-refractivity contribution in [2.24, 2.45) is 0 Å². The zero-order valence-corrected chi connectivity index (χ0v) is 22.0. The molecule has 1 aliphatic rings. The highest BCUT2D eigenvalue weighted by atomic mass is 35.5. The quantitative estimate of drug-likeness (QED) is 0.270. The smallest absolute Gasteiger partial charge is 0.225 e. The van der Waals surface area contributed by atoms with Gasteiger partial charge in [-0.1, -0.05) is 13.0 Å². The molecule has 0 spiro atoms. The van der Waals surface area contributed by atoms with Crippen LogP contribution in [-0.2, 0) is 15.9 Å². The number of aliphatic hydroxyl groups is 1. The summed E-state index contributed by atoms with van der Waals surface area (Å²) in [5.74, 6) is -0.373. The van der Waals surface area contributed by atoms with Crippen LogP contribution in [0.1, 0.15) is 19.4 Å². The second-order valence-electron chi connectivity index (χ2n) is 9.47. The molecule has 200 valence electrons. The van der Waals surface area contributed by atoms with E-state index in [0.29, 0.717) is 58.4 Å². The lowest BCUT2D eigenvalue weighted by molar-refractivity contribution is -0.0123. The summed E-state index contributed by atoms with van der Waals surface area (Å²) in [5, 5.41) is 12.0. The molecular formula is C27H27ClF2N4O4. The van der Waals surface area contributed by atoms with E-state index in [-0.39, 0.29) is 36.4 Å². The average Bonchev–Trinajstić information content (AvgIpc) is 3.07. The van der Waals surface area contributed by atoms with Crippen molar-refractivity contribution in [3.05, 3.63) is 52.9 Å². The topological polar surface area (TPSA) is 89.8 Å². The van der Waals surface area contributed by atoms with Crippen LogP contribution in [0, 0.1) is 11.6 Å². The number of nitrogens with zero attached hydrogens (tertiary/aromatic N) is 4. The summed E-state index contributed by atoms with van der Waals surface area (Å²) in [6.45, 7) is 4.57. The van der Waals surface area contributed by atoms with Crippen molar-refractivity contribution in [3.63, 3.8) is 0 Å². The molecule has 3 heterocycles. The van der Waals surface area contributed by atoms with Gasteiger partial charge in [-0.25, -0.2) is 13.8 Å². The lowest BCUT2D eigenvalue weighted by Gasteiger charge is -2.28. The molecule has 11 heteroatoms. The first-order valence-corrected chi connectivity index (χ1v) is 12.5. The first-order valence-electron chi connectivity index (χ1n) is 12.2. The van der Waals surface area contributed by atoms with E-state index in [2.05, 4.69) is 15.0 Å². The molecule has 38 heavy (non-hydrogen) atoms. The number of ether oxygens (including phenoxy) is 3. The first kappa shape index (κ1) is 26.4.